The van der Waals surface area contributed by atoms with Crippen molar-refractivity contribution in [3.63, 3.8) is 0 Å². The van der Waals surface area contributed by atoms with E-state index in [1.54, 1.807) is 0 Å². The molecule has 0 aliphatic heterocycles. The zero-order chi connectivity index (χ0) is 20.8. The van der Waals surface area contributed by atoms with Crippen LogP contribution < -0.4 is 10.2 Å². The maximum atomic E-state index is 6.43. The van der Waals surface area contributed by atoms with E-state index >= 15 is 0 Å². The molecule has 3 heteroatoms. The van der Waals surface area contributed by atoms with Gasteiger partial charge in [0.2, 0.25) is 0 Å². The minimum atomic E-state index is 0.253. The highest BCUT2D eigenvalue weighted by molar-refractivity contribution is 6.39. The van der Waals surface area contributed by atoms with Crippen LogP contribution in [0, 0.1) is 0 Å². The fourth-order valence-electron chi connectivity index (χ4n) is 4.16. The molecule has 4 rings (SSSR count). The van der Waals surface area contributed by atoms with Gasteiger partial charge in [0, 0.05) is 17.8 Å². The van der Waals surface area contributed by atoms with Gasteiger partial charge in [-0.05, 0) is 72.5 Å². The number of hydrogen-bond donors (Lipinski definition) is 0. The van der Waals surface area contributed by atoms with Crippen molar-refractivity contribution in [1.82, 2.24) is 4.98 Å². The Hall–Kier alpha value is -2.81. The molecule has 0 spiro atoms. The number of hydrogen-bond acceptors (Lipinski definition) is 2. The van der Waals surface area contributed by atoms with Crippen LogP contribution in [-0.2, 0) is 6.42 Å². The van der Waals surface area contributed by atoms with Crippen molar-refractivity contribution in [2.75, 3.05) is 0 Å². The second-order valence-corrected chi connectivity index (χ2v) is 8.02. The molecule has 0 saturated carbocycles. The van der Waals surface area contributed by atoms with Gasteiger partial charge in [0.25, 0.3) is 0 Å². The number of aryl methyl sites for hydroxylation is 1. The molecule has 0 aliphatic carbocycles. The average Bonchev–Trinajstić information content (AvgIpc) is 2.78. The molecule has 2 radical (unpaired) electrons. The molecule has 4 aromatic rings. The lowest BCUT2D eigenvalue weighted by Gasteiger charge is -2.19. The molecule has 3 aromatic carbocycles. The summed E-state index contributed by atoms with van der Waals surface area (Å²) in [5.41, 5.74) is 2.19. The zero-order valence-electron chi connectivity index (χ0n) is 17.7. The summed E-state index contributed by atoms with van der Waals surface area (Å²) in [7, 11) is 6.43. The van der Waals surface area contributed by atoms with Gasteiger partial charge in [0.05, 0.1) is 6.10 Å². The number of nitrogens with zero attached hydrogens (tertiary/aromatic N) is 1. The molecular weight excluding hydrogens is 365 g/mol. The van der Waals surface area contributed by atoms with Gasteiger partial charge in [-0.2, -0.15) is 0 Å². The fraction of sp³-hybridized carbons (Fsp3) is 0.296. The first-order chi connectivity index (χ1) is 14.7. The summed E-state index contributed by atoms with van der Waals surface area (Å²) in [5, 5.41) is 4.68. The molecule has 2 nitrogen and oxygen atoms in total. The molecule has 0 aliphatic rings. The second-order valence-electron chi connectivity index (χ2n) is 8.02. The van der Waals surface area contributed by atoms with E-state index in [1.807, 2.05) is 18.5 Å². The predicted molar refractivity (Wildman–Crippen MR) is 128 cm³/mol. The molecule has 0 fully saturated rings. The highest BCUT2D eigenvalue weighted by Crippen LogP contribution is 2.23. The normalized spacial score (nSPS) is 12.3. The summed E-state index contributed by atoms with van der Waals surface area (Å²) in [5.74, 6) is 0.950. The predicted octanol–water partition coefficient (Wildman–Crippen LogP) is 6.14. The molecule has 1 heterocycles. The van der Waals surface area contributed by atoms with E-state index in [0.29, 0.717) is 0 Å². The minimum Gasteiger partial charge on any atom is -0.490 e. The van der Waals surface area contributed by atoms with Gasteiger partial charge in [-0.15, -0.1) is 0 Å². The van der Waals surface area contributed by atoms with E-state index in [9.17, 15) is 0 Å². The first-order valence-electron chi connectivity index (χ1n) is 11.0. The lowest BCUT2D eigenvalue weighted by atomic mass is 9.83. The van der Waals surface area contributed by atoms with Gasteiger partial charge < -0.3 is 4.74 Å². The maximum absolute atomic E-state index is 6.43. The molecule has 150 valence electrons. The summed E-state index contributed by atoms with van der Waals surface area (Å²) in [6.07, 6.45) is 10.5. The van der Waals surface area contributed by atoms with Gasteiger partial charge >= 0.3 is 0 Å². The van der Waals surface area contributed by atoms with Gasteiger partial charge in [-0.1, -0.05) is 60.8 Å². The summed E-state index contributed by atoms with van der Waals surface area (Å²) >= 11 is 0. The molecule has 0 amide bonds. The van der Waals surface area contributed by atoms with Crippen molar-refractivity contribution in [2.45, 2.75) is 51.6 Å². The van der Waals surface area contributed by atoms with Crippen LogP contribution in [0.25, 0.3) is 21.5 Å². The summed E-state index contributed by atoms with van der Waals surface area (Å²) in [4.78, 5) is 4.18. The Morgan fingerprint density at radius 1 is 0.900 bits per heavy atom. The monoisotopic (exact) mass is 393 g/mol. The van der Waals surface area contributed by atoms with Crippen molar-refractivity contribution >= 4 is 34.9 Å². The molecule has 1 unspecified atom stereocenters. The zero-order valence-corrected chi connectivity index (χ0v) is 17.7. The van der Waals surface area contributed by atoms with Crippen LogP contribution >= 0.6 is 0 Å². The number of pyridine rings is 1. The standard InChI is InChI=1S/C27H28BNO/c1-2-7-24(30-25-15-14-23-19-29-17-16-22(23)18-25)10-5-3-9-21-13-12-20-8-4-6-11-26(20)27(21)28/h4,6,8,11-19,24H,2-3,5,7,9-10H2,1H3. The van der Waals surface area contributed by atoms with Crippen LogP contribution in [0.4, 0.5) is 0 Å². The van der Waals surface area contributed by atoms with Crippen LogP contribution in [0.1, 0.15) is 44.6 Å². The number of unbranched alkanes of at least 4 members (excludes halogenated alkanes) is 1. The van der Waals surface area contributed by atoms with Gasteiger partial charge in [0.15, 0.2) is 0 Å². The Labute approximate surface area is 180 Å². The van der Waals surface area contributed by atoms with Gasteiger partial charge in [0.1, 0.15) is 13.6 Å². The van der Waals surface area contributed by atoms with E-state index < -0.39 is 0 Å². The summed E-state index contributed by atoms with van der Waals surface area (Å²) < 4.78 is 6.35. The third kappa shape index (κ3) is 4.84. The van der Waals surface area contributed by atoms with Gasteiger partial charge in [-0.25, -0.2) is 0 Å². The topological polar surface area (TPSA) is 22.1 Å². The van der Waals surface area contributed by atoms with Crippen LogP contribution in [0.5, 0.6) is 5.75 Å². The number of fused-ring (bicyclic) bond motifs is 2. The van der Waals surface area contributed by atoms with E-state index in [1.165, 1.54) is 16.3 Å². The molecular formula is C27H28BNO. The molecule has 0 N–H and O–H groups in total. The van der Waals surface area contributed by atoms with Crippen molar-refractivity contribution in [3.8, 4) is 5.75 Å². The molecule has 1 atom stereocenters. The number of rotatable bonds is 9. The van der Waals surface area contributed by atoms with E-state index in [2.05, 4.69) is 66.5 Å². The van der Waals surface area contributed by atoms with Crippen LogP contribution in [-0.4, -0.2) is 18.9 Å². The fourth-order valence-corrected chi connectivity index (χ4v) is 4.16. The molecule has 1 aromatic heterocycles. The first-order valence-corrected chi connectivity index (χ1v) is 11.0. The smallest absolute Gasteiger partial charge is 0.120 e. The van der Waals surface area contributed by atoms with Crippen molar-refractivity contribution in [3.05, 3.63) is 78.6 Å². The third-order valence-electron chi connectivity index (χ3n) is 5.81. The highest BCUT2D eigenvalue weighted by Gasteiger charge is 2.11. The summed E-state index contributed by atoms with van der Waals surface area (Å²) in [6.45, 7) is 2.22. The number of benzene rings is 3. The van der Waals surface area contributed by atoms with E-state index in [4.69, 9.17) is 12.6 Å². The minimum absolute atomic E-state index is 0.253. The first kappa shape index (κ1) is 20.5. The van der Waals surface area contributed by atoms with E-state index in [-0.39, 0.29) is 6.10 Å². The Balaban J connectivity index is 1.34. The van der Waals surface area contributed by atoms with Crippen LogP contribution in [0.3, 0.4) is 0 Å². The van der Waals surface area contributed by atoms with Crippen LogP contribution in [0.2, 0.25) is 0 Å². The molecule has 0 bridgehead atoms. The highest BCUT2D eigenvalue weighted by atomic mass is 16.5. The quantitative estimate of drug-likeness (QED) is 0.252. The Bertz CT molecular complexity index is 1120. The van der Waals surface area contributed by atoms with Crippen molar-refractivity contribution in [1.29, 1.82) is 0 Å². The van der Waals surface area contributed by atoms with Crippen molar-refractivity contribution < 1.29 is 4.74 Å². The number of ether oxygens (including phenoxy) is 1. The molecule has 30 heavy (non-hydrogen) atoms. The lowest BCUT2D eigenvalue weighted by Crippen LogP contribution is -2.17. The van der Waals surface area contributed by atoms with E-state index in [0.717, 1.165) is 60.5 Å². The largest absolute Gasteiger partial charge is 0.490 e. The SMILES string of the molecule is [B]c1c(CCCCC(CCC)Oc2ccc3cnccc3c2)ccc2ccccc12. The third-order valence-corrected chi connectivity index (χ3v) is 5.81. The van der Waals surface area contributed by atoms with Gasteiger partial charge in [-0.3, -0.25) is 4.98 Å². The maximum Gasteiger partial charge on any atom is 0.120 e. The van der Waals surface area contributed by atoms with Crippen LogP contribution in [0.15, 0.2) is 73.1 Å². The average molecular weight is 393 g/mol. The number of aromatic nitrogens is 1. The Morgan fingerprint density at radius 2 is 1.77 bits per heavy atom. The lowest BCUT2D eigenvalue weighted by molar-refractivity contribution is 0.176. The Morgan fingerprint density at radius 3 is 2.67 bits per heavy atom. The second kappa shape index (κ2) is 9.80. The van der Waals surface area contributed by atoms with Crippen molar-refractivity contribution in [2.24, 2.45) is 0 Å². The molecule has 0 saturated heterocycles. The Kier molecular flexibility index (Phi) is 6.68. The summed E-state index contributed by atoms with van der Waals surface area (Å²) in [6, 6.07) is 21.0.